The quantitative estimate of drug-likeness (QED) is 0.350. The Balaban J connectivity index is 2.20. The number of carboxylic acid groups (broad SMARTS) is 2. The largest absolute Gasteiger partial charge is 0.481 e. The van der Waals surface area contributed by atoms with Crippen LogP contribution in [0.5, 0.6) is 0 Å². The average molecular weight is 420 g/mol. The second-order valence-electron chi connectivity index (χ2n) is 6.31. The number of aliphatic carboxylic acids is 2. The number of carboxylic acids is 2. The summed E-state index contributed by atoms with van der Waals surface area (Å²) in [5.41, 5.74) is -1.21. The van der Waals surface area contributed by atoms with E-state index in [0.29, 0.717) is 5.75 Å². The van der Waals surface area contributed by atoms with Gasteiger partial charge in [0.25, 0.3) is 0 Å². The van der Waals surface area contributed by atoms with Gasteiger partial charge >= 0.3 is 11.9 Å². The van der Waals surface area contributed by atoms with Gasteiger partial charge in [0.1, 0.15) is 0 Å². The zero-order valence-electron chi connectivity index (χ0n) is 14.8. The van der Waals surface area contributed by atoms with Gasteiger partial charge in [-0.15, -0.1) is 0 Å². The summed E-state index contributed by atoms with van der Waals surface area (Å²) in [6, 6.07) is 6.46. The fourth-order valence-corrected chi connectivity index (χ4v) is 4.04. The minimum absolute atomic E-state index is 0.0903. The minimum Gasteiger partial charge on any atom is -0.481 e. The van der Waals surface area contributed by atoms with Crippen molar-refractivity contribution in [2.75, 3.05) is 11.5 Å². The minimum atomic E-state index is -3.67. The van der Waals surface area contributed by atoms with Gasteiger partial charge in [-0.2, -0.15) is 11.8 Å². The van der Waals surface area contributed by atoms with Crippen molar-refractivity contribution < 1.29 is 33.3 Å². The lowest BCUT2D eigenvalue weighted by atomic mass is 10.0. The molecular weight excluding hydrogens is 394 g/mol. The van der Waals surface area contributed by atoms with Crippen LogP contribution in [-0.4, -0.2) is 52.8 Å². The molecule has 0 heterocycles. The van der Waals surface area contributed by atoms with E-state index >= 15 is 0 Å². The van der Waals surface area contributed by atoms with E-state index < -0.39 is 34.0 Å². The third-order valence-corrected chi connectivity index (χ3v) is 6.13. The number of thioether (sulfide) groups is 1. The summed E-state index contributed by atoms with van der Waals surface area (Å²) < 4.78 is 22.4. The lowest BCUT2D eigenvalue weighted by Gasteiger charge is -2.20. The number of unbranched alkanes of at least 4 members (excludes halogenated alkanes) is 3. The van der Waals surface area contributed by atoms with Crippen LogP contribution in [0.25, 0.3) is 0 Å². The summed E-state index contributed by atoms with van der Waals surface area (Å²) >= 11 is 1.23. The fourth-order valence-electron chi connectivity index (χ4n) is 2.41. The fraction of sp³-hybridized carbons (Fsp3) is 0.529. The molecule has 0 spiro atoms. The molecule has 1 atom stereocenters. The molecule has 0 saturated heterocycles. The first-order chi connectivity index (χ1) is 12.5. The molecule has 10 heteroatoms. The van der Waals surface area contributed by atoms with Crippen LogP contribution in [0, 0.1) is 0 Å². The van der Waals surface area contributed by atoms with Crippen LogP contribution in [-0.2, 0) is 26.0 Å². The molecule has 0 radical (unpaired) electrons. The Morgan fingerprint density at radius 1 is 1.04 bits per heavy atom. The number of primary sulfonamides is 1. The van der Waals surface area contributed by atoms with E-state index in [9.17, 15) is 23.1 Å². The first-order valence-electron chi connectivity index (χ1n) is 8.42. The highest BCUT2D eigenvalue weighted by Gasteiger charge is 2.38. The van der Waals surface area contributed by atoms with E-state index in [4.69, 9.17) is 15.4 Å². The maximum atomic E-state index is 11.2. The van der Waals surface area contributed by atoms with Crippen molar-refractivity contribution >= 4 is 33.7 Å². The van der Waals surface area contributed by atoms with Crippen LogP contribution in [0.15, 0.2) is 29.2 Å². The highest BCUT2D eigenvalue weighted by Crippen LogP contribution is 2.20. The molecule has 27 heavy (non-hydrogen) atoms. The molecule has 1 aromatic rings. The summed E-state index contributed by atoms with van der Waals surface area (Å²) in [5.74, 6) is -2.40. The molecule has 8 nitrogen and oxygen atoms in total. The number of benzene rings is 1. The molecule has 0 bridgehead atoms. The highest BCUT2D eigenvalue weighted by atomic mass is 32.2. The lowest BCUT2D eigenvalue weighted by molar-refractivity contribution is -0.162. The van der Waals surface area contributed by atoms with Crippen LogP contribution >= 0.6 is 11.8 Å². The first kappa shape index (κ1) is 23.4. The van der Waals surface area contributed by atoms with Crippen molar-refractivity contribution in [3.8, 4) is 0 Å². The highest BCUT2D eigenvalue weighted by molar-refractivity contribution is 7.99. The van der Waals surface area contributed by atoms with E-state index in [1.165, 1.54) is 23.9 Å². The molecule has 0 aliphatic rings. The van der Waals surface area contributed by atoms with Gasteiger partial charge in [-0.1, -0.05) is 25.0 Å². The molecule has 0 aromatic heterocycles. The maximum Gasteiger partial charge on any atom is 0.337 e. The lowest BCUT2D eigenvalue weighted by Crippen LogP contribution is -2.43. The number of rotatable bonds is 13. The molecule has 0 saturated carbocycles. The summed E-state index contributed by atoms with van der Waals surface area (Å²) in [7, 11) is -3.67. The Morgan fingerprint density at radius 3 is 2.15 bits per heavy atom. The summed E-state index contributed by atoms with van der Waals surface area (Å²) in [6.07, 6.45) is 3.63. The van der Waals surface area contributed by atoms with Gasteiger partial charge < -0.3 is 15.3 Å². The Bertz CT molecular complexity index is 734. The molecule has 0 amide bonds. The molecule has 0 aliphatic carbocycles. The van der Waals surface area contributed by atoms with Gasteiger partial charge in [-0.05, 0) is 42.7 Å². The van der Waals surface area contributed by atoms with Crippen LogP contribution in [0.4, 0.5) is 0 Å². The maximum absolute atomic E-state index is 11.2. The van der Waals surface area contributed by atoms with E-state index in [1.54, 1.807) is 12.1 Å². The summed E-state index contributed by atoms with van der Waals surface area (Å²) in [4.78, 5) is 21.7. The predicted octanol–water partition coefficient (Wildman–Crippen LogP) is 1.46. The van der Waals surface area contributed by atoms with Gasteiger partial charge in [-0.25, -0.2) is 18.4 Å². The normalized spacial score (nSPS) is 13.9. The molecule has 1 aromatic carbocycles. The van der Waals surface area contributed by atoms with Gasteiger partial charge in [-0.3, -0.25) is 4.79 Å². The van der Waals surface area contributed by atoms with Crippen molar-refractivity contribution in [2.24, 2.45) is 5.14 Å². The second-order valence-corrected chi connectivity index (χ2v) is 8.98. The van der Waals surface area contributed by atoms with Crippen LogP contribution < -0.4 is 5.14 Å². The number of carbonyl (C=O) groups is 2. The smallest absolute Gasteiger partial charge is 0.337 e. The van der Waals surface area contributed by atoms with Gasteiger partial charge in [0.2, 0.25) is 10.0 Å². The summed E-state index contributed by atoms with van der Waals surface area (Å²) in [6.45, 7) is 0. The average Bonchev–Trinajstić information content (AvgIpc) is 2.56. The molecular formula is C17H25NO7S2. The zero-order valence-corrected chi connectivity index (χ0v) is 16.5. The van der Waals surface area contributed by atoms with Crippen molar-refractivity contribution in [1.82, 2.24) is 0 Å². The van der Waals surface area contributed by atoms with Crippen LogP contribution in [0.1, 0.15) is 37.7 Å². The monoisotopic (exact) mass is 419 g/mol. The molecule has 152 valence electrons. The van der Waals surface area contributed by atoms with Crippen molar-refractivity contribution in [3.05, 3.63) is 29.8 Å². The van der Waals surface area contributed by atoms with Crippen molar-refractivity contribution in [3.63, 3.8) is 0 Å². The van der Waals surface area contributed by atoms with Crippen LogP contribution in [0.3, 0.4) is 0 Å². The summed E-state index contributed by atoms with van der Waals surface area (Å²) in [5, 5.41) is 32.5. The zero-order chi connectivity index (χ0) is 20.5. The Hall–Kier alpha value is -1.62. The third-order valence-electron chi connectivity index (χ3n) is 3.94. The van der Waals surface area contributed by atoms with Crippen molar-refractivity contribution in [2.45, 2.75) is 49.0 Å². The topological polar surface area (TPSA) is 155 Å². The second kappa shape index (κ2) is 10.6. The first-order valence-corrected chi connectivity index (χ1v) is 11.1. The molecule has 0 unspecified atom stereocenters. The third kappa shape index (κ3) is 8.74. The predicted molar refractivity (Wildman–Crippen MR) is 102 cm³/mol. The SMILES string of the molecule is NS(=O)(=O)c1ccc(CCCCCCSC[C@@](O)(CC(=O)O)C(=O)O)cc1. The van der Waals surface area contributed by atoms with Crippen molar-refractivity contribution in [1.29, 1.82) is 0 Å². The van der Waals surface area contributed by atoms with E-state index in [1.807, 2.05) is 0 Å². The van der Waals surface area contributed by atoms with Gasteiger partial charge in [0.15, 0.2) is 5.60 Å². The number of hydrogen-bond acceptors (Lipinski definition) is 6. The molecule has 1 rings (SSSR count). The number of aryl methyl sites for hydroxylation is 1. The number of hydrogen-bond donors (Lipinski definition) is 4. The number of nitrogens with two attached hydrogens (primary N) is 1. The van der Waals surface area contributed by atoms with E-state index in [2.05, 4.69) is 0 Å². The Kier molecular flexibility index (Phi) is 9.23. The standard InChI is InChI=1S/C17H25NO7S2/c18-27(24,25)14-8-6-13(7-9-14)5-3-1-2-4-10-26-12-17(23,16(21)22)11-15(19)20/h6-9,23H,1-5,10-12H2,(H,19,20)(H,21,22)(H2,18,24,25)/t17-/m0/s1. The van der Waals surface area contributed by atoms with E-state index in [0.717, 1.165) is 37.7 Å². The Morgan fingerprint density at radius 2 is 1.63 bits per heavy atom. The Labute approximate surface area is 162 Å². The number of aliphatic hydroxyl groups is 1. The molecule has 5 N–H and O–H groups in total. The molecule has 0 aliphatic heterocycles. The molecule has 0 fully saturated rings. The van der Waals surface area contributed by atoms with Gasteiger partial charge in [0.05, 0.1) is 11.3 Å². The number of sulfonamides is 1. The van der Waals surface area contributed by atoms with Crippen LogP contribution in [0.2, 0.25) is 0 Å². The van der Waals surface area contributed by atoms with Gasteiger partial charge in [0, 0.05) is 5.75 Å². The van der Waals surface area contributed by atoms with E-state index in [-0.39, 0.29) is 10.6 Å².